The highest BCUT2D eigenvalue weighted by Crippen LogP contribution is 2.32. The van der Waals surface area contributed by atoms with E-state index in [1.165, 1.54) is 12.0 Å². The Kier molecular flexibility index (Phi) is 4.03. The monoisotopic (exact) mass is 260 g/mol. The molecule has 19 heavy (non-hydrogen) atoms. The van der Waals surface area contributed by atoms with Crippen molar-refractivity contribution < 1.29 is 0 Å². The van der Waals surface area contributed by atoms with Crippen LogP contribution in [0.25, 0.3) is 0 Å². The van der Waals surface area contributed by atoms with Gasteiger partial charge in [0, 0.05) is 24.7 Å². The van der Waals surface area contributed by atoms with Crippen LogP contribution in [-0.4, -0.2) is 29.6 Å². The molecule has 2 unspecified atom stereocenters. The molecule has 2 nitrogen and oxygen atoms in total. The molecule has 1 fully saturated rings. The molecule has 1 aromatic carbocycles. The van der Waals surface area contributed by atoms with Gasteiger partial charge in [-0.15, -0.1) is 0 Å². The van der Waals surface area contributed by atoms with Crippen LogP contribution in [0, 0.1) is 0 Å². The molecule has 0 aromatic heterocycles. The smallest absolute Gasteiger partial charge is 0.0535 e. The number of benzene rings is 1. The van der Waals surface area contributed by atoms with Crippen molar-refractivity contribution in [3.63, 3.8) is 0 Å². The highest BCUT2D eigenvalue weighted by molar-refractivity contribution is 5.25. The van der Waals surface area contributed by atoms with Gasteiger partial charge in [0.05, 0.1) is 5.54 Å². The van der Waals surface area contributed by atoms with Gasteiger partial charge in [0.2, 0.25) is 0 Å². The Bertz CT molecular complexity index is 413. The molecule has 1 saturated heterocycles. The molecule has 1 heterocycles. The Hall–Kier alpha value is -0.860. The Morgan fingerprint density at radius 3 is 2.42 bits per heavy atom. The van der Waals surface area contributed by atoms with E-state index in [2.05, 4.69) is 75.2 Å². The maximum atomic E-state index is 3.77. The Labute approximate surface area is 118 Å². The number of nitrogens with one attached hydrogen (secondary N) is 1. The summed E-state index contributed by atoms with van der Waals surface area (Å²) in [5.41, 5.74) is 1.67. The fourth-order valence-electron chi connectivity index (χ4n) is 3.10. The molecule has 0 bridgehead atoms. The van der Waals surface area contributed by atoms with E-state index < -0.39 is 0 Å². The van der Waals surface area contributed by atoms with E-state index in [4.69, 9.17) is 0 Å². The van der Waals surface area contributed by atoms with E-state index in [-0.39, 0.29) is 11.1 Å². The summed E-state index contributed by atoms with van der Waals surface area (Å²) in [7, 11) is 0. The van der Waals surface area contributed by atoms with Crippen molar-refractivity contribution in [1.82, 2.24) is 10.2 Å². The fraction of sp³-hybridized carbons (Fsp3) is 0.647. The predicted octanol–water partition coefficient (Wildman–Crippen LogP) is 3.38. The topological polar surface area (TPSA) is 15.3 Å². The van der Waals surface area contributed by atoms with E-state index in [1.54, 1.807) is 0 Å². The summed E-state index contributed by atoms with van der Waals surface area (Å²) in [4.78, 5) is 2.66. The van der Waals surface area contributed by atoms with Crippen LogP contribution in [0.2, 0.25) is 0 Å². The fourth-order valence-corrected chi connectivity index (χ4v) is 3.10. The summed E-state index contributed by atoms with van der Waals surface area (Å²) in [6.45, 7) is 13.7. The molecule has 0 amide bonds. The van der Waals surface area contributed by atoms with E-state index in [0.717, 1.165) is 13.1 Å². The first-order valence-electron chi connectivity index (χ1n) is 7.46. The van der Waals surface area contributed by atoms with Gasteiger partial charge in [-0.05, 0) is 39.7 Å². The third kappa shape index (κ3) is 2.85. The van der Waals surface area contributed by atoms with Crippen LogP contribution in [0.5, 0.6) is 0 Å². The SMILES string of the molecule is CCC(C)N1CC(C)(c2ccccc2)NCC1(C)C. The molecule has 1 aromatic rings. The summed E-state index contributed by atoms with van der Waals surface area (Å²) in [6.07, 6.45) is 1.20. The average Bonchev–Trinajstić information content (AvgIpc) is 2.42. The second-order valence-electron chi connectivity index (χ2n) is 6.75. The third-order valence-corrected chi connectivity index (χ3v) is 4.71. The summed E-state index contributed by atoms with van der Waals surface area (Å²) < 4.78 is 0. The van der Waals surface area contributed by atoms with Crippen LogP contribution >= 0.6 is 0 Å². The lowest BCUT2D eigenvalue weighted by Crippen LogP contribution is -2.67. The zero-order valence-electron chi connectivity index (χ0n) is 13.0. The molecule has 0 saturated carbocycles. The summed E-state index contributed by atoms with van der Waals surface area (Å²) in [6, 6.07) is 11.5. The standard InChI is InChI=1S/C17H28N2/c1-6-14(2)19-13-17(5,18-12-16(19,3)4)15-10-8-7-9-11-15/h7-11,14,18H,6,12-13H2,1-5H3. The van der Waals surface area contributed by atoms with Crippen LogP contribution in [-0.2, 0) is 5.54 Å². The zero-order valence-corrected chi connectivity index (χ0v) is 13.0. The molecule has 0 spiro atoms. The summed E-state index contributed by atoms with van der Waals surface area (Å²) in [5, 5.41) is 3.77. The Balaban J connectivity index is 2.27. The van der Waals surface area contributed by atoms with E-state index >= 15 is 0 Å². The van der Waals surface area contributed by atoms with Gasteiger partial charge in [0.1, 0.15) is 0 Å². The molecule has 1 aliphatic heterocycles. The van der Waals surface area contributed by atoms with Gasteiger partial charge in [-0.3, -0.25) is 4.90 Å². The van der Waals surface area contributed by atoms with Gasteiger partial charge >= 0.3 is 0 Å². The number of piperazine rings is 1. The first-order valence-corrected chi connectivity index (χ1v) is 7.46. The van der Waals surface area contributed by atoms with Crippen LogP contribution in [0.3, 0.4) is 0 Å². The lowest BCUT2D eigenvalue weighted by Gasteiger charge is -2.53. The molecule has 2 heteroatoms. The van der Waals surface area contributed by atoms with Crippen LogP contribution in [0.4, 0.5) is 0 Å². The van der Waals surface area contributed by atoms with Gasteiger partial charge in [0.15, 0.2) is 0 Å². The van der Waals surface area contributed by atoms with Gasteiger partial charge in [-0.2, -0.15) is 0 Å². The third-order valence-electron chi connectivity index (χ3n) is 4.71. The van der Waals surface area contributed by atoms with Crippen LogP contribution in [0.15, 0.2) is 30.3 Å². The van der Waals surface area contributed by atoms with Crippen molar-refractivity contribution in [2.24, 2.45) is 0 Å². The van der Waals surface area contributed by atoms with Crippen molar-refractivity contribution >= 4 is 0 Å². The number of hydrogen-bond donors (Lipinski definition) is 1. The van der Waals surface area contributed by atoms with Gasteiger partial charge in [-0.25, -0.2) is 0 Å². The van der Waals surface area contributed by atoms with Gasteiger partial charge in [-0.1, -0.05) is 37.3 Å². The lowest BCUT2D eigenvalue weighted by atomic mass is 9.83. The highest BCUT2D eigenvalue weighted by atomic mass is 15.3. The van der Waals surface area contributed by atoms with E-state index in [1.807, 2.05) is 0 Å². The van der Waals surface area contributed by atoms with Gasteiger partial charge < -0.3 is 5.32 Å². The first-order chi connectivity index (χ1) is 8.89. The molecule has 0 radical (unpaired) electrons. The largest absolute Gasteiger partial charge is 0.305 e. The molecule has 2 atom stereocenters. The number of rotatable bonds is 3. The molecular weight excluding hydrogens is 232 g/mol. The van der Waals surface area contributed by atoms with Crippen molar-refractivity contribution in [1.29, 1.82) is 0 Å². The number of hydrogen-bond acceptors (Lipinski definition) is 2. The normalized spacial score (nSPS) is 29.1. The van der Waals surface area contributed by atoms with Crippen LogP contribution < -0.4 is 5.32 Å². The predicted molar refractivity (Wildman–Crippen MR) is 82.3 cm³/mol. The van der Waals surface area contributed by atoms with Crippen molar-refractivity contribution in [2.45, 2.75) is 58.2 Å². The molecule has 106 valence electrons. The quantitative estimate of drug-likeness (QED) is 0.896. The minimum Gasteiger partial charge on any atom is -0.305 e. The Morgan fingerprint density at radius 1 is 1.21 bits per heavy atom. The molecule has 2 rings (SSSR count). The second-order valence-corrected chi connectivity index (χ2v) is 6.75. The van der Waals surface area contributed by atoms with E-state index in [9.17, 15) is 0 Å². The number of nitrogens with zero attached hydrogens (tertiary/aromatic N) is 1. The summed E-state index contributed by atoms with van der Waals surface area (Å²) in [5.74, 6) is 0. The lowest BCUT2D eigenvalue weighted by molar-refractivity contribution is 0.000296. The summed E-state index contributed by atoms with van der Waals surface area (Å²) >= 11 is 0. The maximum Gasteiger partial charge on any atom is 0.0535 e. The second kappa shape index (κ2) is 5.26. The average molecular weight is 260 g/mol. The highest BCUT2D eigenvalue weighted by Gasteiger charge is 2.42. The van der Waals surface area contributed by atoms with Gasteiger partial charge in [0.25, 0.3) is 0 Å². The first kappa shape index (κ1) is 14.5. The van der Waals surface area contributed by atoms with Crippen molar-refractivity contribution in [2.75, 3.05) is 13.1 Å². The molecule has 1 aliphatic rings. The van der Waals surface area contributed by atoms with E-state index in [0.29, 0.717) is 6.04 Å². The molecule has 0 aliphatic carbocycles. The molecule has 1 N–H and O–H groups in total. The zero-order chi connectivity index (χ0) is 14.1. The Morgan fingerprint density at radius 2 is 1.84 bits per heavy atom. The maximum absolute atomic E-state index is 3.77. The van der Waals surface area contributed by atoms with Crippen molar-refractivity contribution in [3.8, 4) is 0 Å². The van der Waals surface area contributed by atoms with Crippen molar-refractivity contribution in [3.05, 3.63) is 35.9 Å². The minimum absolute atomic E-state index is 0.0558. The minimum atomic E-state index is 0.0558. The molecular formula is C17H28N2. The van der Waals surface area contributed by atoms with Crippen LogP contribution in [0.1, 0.15) is 46.6 Å².